The lowest BCUT2D eigenvalue weighted by molar-refractivity contribution is -0.118. The Morgan fingerprint density at radius 3 is 2.69 bits per heavy atom. The van der Waals surface area contributed by atoms with Gasteiger partial charge in [0.15, 0.2) is 11.2 Å². The molecule has 2 N–H and O–H groups in total. The summed E-state index contributed by atoms with van der Waals surface area (Å²) in [7, 11) is 3.02. The van der Waals surface area contributed by atoms with Gasteiger partial charge in [0.05, 0.1) is 12.8 Å². The van der Waals surface area contributed by atoms with Crippen molar-refractivity contribution in [1.29, 1.82) is 0 Å². The summed E-state index contributed by atoms with van der Waals surface area (Å²) in [4.78, 5) is 41.4. The SMILES string of the molecule is COc1ccc(Cl)cc1-n1c(C)cn2c3c(=O)n(CC(N)=O)c(=O)n(C)c3nc12. The van der Waals surface area contributed by atoms with Crippen LogP contribution in [0.3, 0.4) is 0 Å². The quantitative estimate of drug-likeness (QED) is 0.522. The predicted molar refractivity (Wildman–Crippen MR) is 107 cm³/mol. The largest absolute Gasteiger partial charge is 0.495 e. The Morgan fingerprint density at radius 1 is 1.31 bits per heavy atom. The first-order valence-electron chi connectivity index (χ1n) is 8.56. The third-order valence-corrected chi connectivity index (χ3v) is 4.96. The molecule has 4 aromatic rings. The number of imidazole rings is 2. The molecular formula is C18H17ClN6O4. The van der Waals surface area contributed by atoms with Crippen LogP contribution in [0, 0.1) is 6.92 Å². The number of ether oxygens (including phenoxy) is 1. The fourth-order valence-electron chi connectivity index (χ4n) is 3.44. The molecule has 11 heteroatoms. The zero-order chi connectivity index (χ0) is 21.0. The molecular weight excluding hydrogens is 400 g/mol. The van der Waals surface area contributed by atoms with E-state index >= 15 is 0 Å². The number of rotatable bonds is 4. The number of aromatic nitrogens is 5. The van der Waals surface area contributed by atoms with Crippen LogP contribution in [0.5, 0.6) is 5.75 Å². The highest BCUT2D eigenvalue weighted by Gasteiger charge is 2.22. The molecule has 0 radical (unpaired) electrons. The van der Waals surface area contributed by atoms with Crippen molar-refractivity contribution in [3.63, 3.8) is 0 Å². The van der Waals surface area contributed by atoms with Crippen LogP contribution >= 0.6 is 11.6 Å². The smallest absolute Gasteiger partial charge is 0.332 e. The monoisotopic (exact) mass is 416 g/mol. The van der Waals surface area contributed by atoms with Crippen molar-refractivity contribution >= 4 is 34.4 Å². The minimum absolute atomic E-state index is 0.159. The van der Waals surface area contributed by atoms with Crippen molar-refractivity contribution in [2.24, 2.45) is 12.8 Å². The molecule has 0 bridgehead atoms. The highest BCUT2D eigenvalue weighted by Crippen LogP contribution is 2.30. The van der Waals surface area contributed by atoms with Gasteiger partial charge in [0.1, 0.15) is 12.3 Å². The molecule has 0 aliphatic heterocycles. The molecule has 4 rings (SSSR count). The number of primary amides is 1. The van der Waals surface area contributed by atoms with Crippen molar-refractivity contribution in [3.8, 4) is 11.4 Å². The van der Waals surface area contributed by atoms with Gasteiger partial charge in [-0.2, -0.15) is 4.98 Å². The summed E-state index contributed by atoms with van der Waals surface area (Å²) >= 11 is 6.17. The Kier molecular flexibility index (Phi) is 4.23. The fourth-order valence-corrected chi connectivity index (χ4v) is 3.61. The average Bonchev–Trinajstić information content (AvgIpc) is 3.17. The molecule has 1 aromatic carbocycles. The Labute approximate surface area is 168 Å². The number of carbonyl (C=O) groups is 1. The number of halogens is 1. The summed E-state index contributed by atoms with van der Waals surface area (Å²) in [6.45, 7) is 1.32. The van der Waals surface area contributed by atoms with Crippen LogP contribution in [-0.4, -0.2) is 36.1 Å². The molecule has 3 heterocycles. The number of hydrogen-bond acceptors (Lipinski definition) is 5. The van der Waals surface area contributed by atoms with Crippen LogP contribution in [0.4, 0.5) is 0 Å². The summed E-state index contributed by atoms with van der Waals surface area (Å²) < 4.78 is 10.8. The molecule has 0 saturated heterocycles. The summed E-state index contributed by atoms with van der Waals surface area (Å²) in [5.74, 6) is 0.159. The van der Waals surface area contributed by atoms with Gasteiger partial charge in [-0.05, 0) is 25.1 Å². The Balaban J connectivity index is 2.15. The van der Waals surface area contributed by atoms with Gasteiger partial charge < -0.3 is 10.5 Å². The molecule has 0 aliphatic rings. The number of amides is 1. The third-order valence-electron chi connectivity index (χ3n) is 4.72. The molecule has 150 valence electrons. The normalized spacial score (nSPS) is 11.4. The Hall–Kier alpha value is -3.53. The zero-order valence-corrected chi connectivity index (χ0v) is 16.6. The number of nitrogens with zero attached hydrogens (tertiary/aromatic N) is 5. The summed E-state index contributed by atoms with van der Waals surface area (Å²) in [5.41, 5.74) is 5.60. The van der Waals surface area contributed by atoms with Crippen LogP contribution in [-0.2, 0) is 18.4 Å². The van der Waals surface area contributed by atoms with Gasteiger partial charge in [-0.15, -0.1) is 0 Å². The molecule has 0 spiro atoms. The number of benzene rings is 1. The second-order valence-corrected chi connectivity index (χ2v) is 7.01. The highest BCUT2D eigenvalue weighted by atomic mass is 35.5. The first-order chi connectivity index (χ1) is 13.7. The van der Waals surface area contributed by atoms with Crippen LogP contribution < -0.4 is 21.7 Å². The van der Waals surface area contributed by atoms with Crippen molar-refractivity contribution in [1.82, 2.24) is 23.1 Å². The second kappa shape index (κ2) is 6.52. The van der Waals surface area contributed by atoms with E-state index in [0.29, 0.717) is 22.2 Å². The average molecular weight is 417 g/mol. The minimum atomic E-state index is -0.790. The molecule has 10 nitrogen and oxygen atoms in total. The predicted octanol–water partition coefficient (Wildman–Crippen LogP) is 0.594. The molecule has 0 unspecified atom stereocenters. The summed E-state index contributed by atoms with van der Waals surface area (Å²) in [5, 5.41) is 0.499. The molecule has 0 saturated carbocycles. The summed E-state index contributed by atoms with van der Waals surface area (Å²) in [6, 6.07) is 5.15. The lowest BCUT2D eigenvalue weighted by atomic mass is 10.3. The van der Waals surface area contributed by atoms with Crippen LogP contribution in [0.1, 0.15) is 5.69 Å². The van der Waals surface area contributed by atoms with Crippen LogP contribution in [0.2, 0.25) is 5.02 Å². The Morgan fingerprint density at radius 2 is 2.03 bits per heavy atom. The van der Waals surface area contributed by atoms with Crippen molar-refractivity contribution in [3.05, 3.63) is 56.0 Å². The number of hydrogen-bond donors (Lipinski definition) is 1. The number of methoxy groups -OCH3 is 1. The van der Waals surface area contributed by atoms with Crippen molar-refractivity contribution in [2.45, 2.75) is 13.5 Å². The first-order valence-corrected chi connectivity index (χ1v) is 8.94. The maximum Gasteiger partial charge on any atom is 0.332 e. The van der Waals surface area contributed by atoms with Crippen molar-refractivity contribution in [2.75, 3.05) is 7.11 Å². The lowest BCUT2D eigenvalue weighted by Crippen LogP contribution is -2.42. The van der Waals surface area contributed by atoms with Crippen LogP contribution in [0.15, 0.2) is 34.0 Å². The minimum Gasteiger partial charge on any atom is -0.495 e. The maximum absolute atomic E-state index is 13.0. The molecule has 3 aromatic heterocycles. The van der Waals surface area contributed by atoms with E-state index in [0.717, 1.165) is 10.3 Å². The van der Waals surface area contributed by atoms with E-state index < -0.39 is 23.7 Å². The molecule has 0 aliphatic carbocycles. The highest BCUT2D eigenvalue weighted by molar-refractivity contribution is 6.30. The van der Waals surface area contributed by atoms with E-state index in [4.69, 9.17) is 22.1 Å². The molecule has 1 amide bonds. The lowest BCUT2D eigenvalue weighted by Gasteiger charge is -2.11. The molecule has 0 atom stereocenters. The van der Waals surface area contributed by atoms with Crippen molar-refractivity contribution < 1.29 is 9.53 Å². The van der Waals surface area contributed by atoms with E-state index in [9.17, 15) is 14.4 Å². The van der Waals surface area contributed by atoms with E-state index in [2.05, 4.69) is 4.98 Å². The van der Waals surface area contributed by atoms with E-state index in [1.807, 2.05) is 6.92 Å². The topological polar surface area (TPSA) is 119 Å². The Bertz CT molecular complexity index is 1420. The number of aryl methyl sites for hydroxylation is 2. The summed E-state index contributed by atoms with van der Waals surface area (Å²) in [6.07, 6.45) is 1.71. The van der Waals surface area contributed by atoms with E-state index in [1.165, 1.54) is 18.7 Å². The fraction of sp³-hybridized carbons (Fsp3) is 0.222. The molecule has 0 fully saturated rings. The van der Waals surface area contributed by atoms with E-state index in [-0.39, 0.29) is 11.2 Å². The van der Waals surface area contributed by atoms with Gasteiger partial charge in [0.25, 0.3) is 5.56 Å². The van der Waals surface area contributed by atoms with Gasteiger partial charge in [-0.1, -0.05) is 11.6 Å². The van der Waals surface area contributed by atoms with Gasteiger partial charge in [0, 0.05) is 24.0 Å². The number of fused-ring (bicyclic) bond motifs is 3. The zero-order valence-electron chi connectivity index (χ0n) is 15.8. The molecule has 29 heavy (non-hydrogen) atoms. The van der Waals surface area contributed by atoms with Crippen LogP contribution in [0.25, 0.3) is 22.6 Å². The van der Waals surface area contributed by atoms with Gasteiger partial charge in [0.2, 0.25) is 11.7 Å². The second-order valence-electron chi connectivity index (χ2n) is 6.58. The first kappa shape index (κ1) is 18.8. The van der Waals surface area contributed by atoms with Gasteiger partial charge in [-0.25, -0.2) is 9.36 Å². The standard InChI is InChI=1S/C18H17ClN6O4/c1-9-7-23-14-15(22(2)18(28)24(16(14)27)8-13(20)26)21-17(23)25(9)11-6-10(19)4-5-12(11)29-3/h4-7H,8H2,1-3H3,(H2,20,26). The third kappa shape index (κ3) is 2.71. The van der Waals surface area contributed by atoms with E-state index in [1.54, 1.807) is 33.4 Å². The van der Waals surface area contributed by atoms with Gasteiger partial charge in [-0.3, -0.25) is 23.1 Å². The number of carbonyl (C=O) groups excluding carboxylic acids is 1. The number of nitrogens with two attached hydrogens (primary N) is 1. The van der Waals surface area contributed by atoms with Gasteiger partial charge >= 0.3 is 5.69 Å². The maximum atomic E-state index is 13.0.